The van der Waals surface area contributed by atoms with Crippen LogP contribution in [0.1, 0.15) is 36.4 Å². The molecule has 0 heterocycles. The Morgan fingerprint density at radius 3 is 2.53 bits per heavy atom. The lowest BCUT2D eigenvalue weighted by molar-refractivity contribution is -0.122. The minimum absolute atomic E-state index is 0.0795. The van der Waals surface area contributed by atoms with Crippen LogP contribution in [0.15, 0.2) is 24.3 Å². The smallest absolute Gasteiger partial charge is 0.241 e. The molecule has 0 radical (unpaired) electrons. The van der Waals surface area contributed by atoms with Gasteiger partial charge in [-0.05, 0) is 31.6 Å². The fraction of sp³-hybridized carbons (Fsp3) is 0.533. The zero-order valence-corrected chi connectivity index (χ0v) is 12.4. The van der Waals surface area contributed by atoms with Gasteiger partial charge < -0.3 is 11.1 Å². The van der Waals surface area contributed by atoms with Crippen LogP contribution in [0.3, 0.4) is 0 Å². The van der Waals surface area contributed by atoms with Crippen molar-refractivity contribution >= 4 is 17.7 Å². The highest BCUT2D eigenvalue weighted by molar-refractivity contribution is 8.00. The van der Waals surface area contributed by atoms with Crippen LogP contribution >= 0.6 is 11.8 Å². The Morgan fingerprint density at radius 2 is 2.05 bits per heavy atom. The SMILES string of the molecule is CSC1(CNC(=O)C(N)c2ccc(C)cc2)CCC1. The molecule has 1 amide bonds. The summed E-state index contributed by atoms with van der Waals surface area (Å²) in [4.78, 5) is 12.1. The van der Waals surface area contributed by atoms with Gasteiger partial charge in [0.25, 0.3) is 0 Å². The van der Waals surface area contributed by atoms with Gasteiger partial charge in [-0.2, -0.15) is 11.8 Å². The third-order valence-electron chi connectivity index (χ3n) is 4.00. The van der Waals surface area contributed by atoms with Crippen LogP contribution < -0.4 is 11.1 Å². The summed E-state index contributed by atoms with van der Waals surface area (Å²) in [6.07, 6.45) is 5.76. The average molecular weight is 278 g/mol. The van der Waals surface area contributed by atoms with E-state index in [2.05, 4.69) is 11.6 Å². The first-order chi connectivity index (χ1) is 9.06. The van der Waals surface area contributed by atoms with Crippen LogP contribution in [0.4, 0.5) is 0 Å². The van der Waals surface area contributed by atoms with E-state index in [1.54, 1.807) is 0 Å². The molecule has 1 saturated carbocycles. The Morgan fingerprint density at radius 1 is 1.42 bits per heavy atom. The minimum Gasteiger partial charge on any atom is -0.353 e. The van der Waals surface area contributed by atoms with Crippen LogP contribution in [0.25, 0.3) is 0 Å². The molecule has 1 aliphatic rings. The summed E-state index contributed by atoms with van der Waals surface area (Å²) >= 11 is 1.85. The lowest BCUT2D eigenvalue weighted by Gasteiger charge is -2.40. The van der Waals surface area contributed by atoms with Gasteiger partial charge in [0.1, 0.15) is 6.04 Å². The molecule has 3 nitrogen and oxygen atoms in total. The first kappa shape index (κ1) is 14.4. The monoisotopic (exact) mass is 278 g/mol. The van der Waals surface area contributed by atoms with E-state index in [4.69, 9.17) is 5.73 Å². The highest BCUT2D eigenvalue weighted by Crippen LogP contribution is 2.42. The molecule has 0 spiro atoms. The van der Waals surface area contributed by atoms with Crippen LogP contribution in [0, 0.1) is 6.92 Å². The Labute approximate surface area is 119 Å². The van der Waals surface area contributed by atoms with Crippen molar-refractivity contribution in [3.8, 4) is 0 Å². The molecular formula is C15H22N2OS. The van der Waals surface area contributed by atoms with Crippen LogP contribution in [-0.2, 0) is 4.79 Å². The number of nitrogens with one attached hydrogen (secondary N) is 1. The molecule has 2 rings (SSSR count). The lowest BCUT2D eigenvalue weighted by atomic mass is 9.84. The van der Waals surface area contributed by atoms with Crippen molar-refractivity contribution < 1.29 is 4.79 Å². The highest BCUT2D eigenvalue weighted by Gasteiger charge is 2.36. The van der Waals surface area contributed by atoms with Gasteiger partial charge in [0, 0.05) is 11.3 Å². The lowest BCUT2D eigenvalue weighted by Crippen LogP contribution is -2.47. The number of hydrogen-bond acceptors (Lipinski definition) is 3. The number of thioether (sulfide) groups is 1. The number of amides is 1. The number of hydrogen-bond donors (Lipinski definition) is 2. The van der Waals surface area contributed by atoms with Crippen LogP contribution in [-0.4, -0.2) is 23.5 Å². The number of carbonyl (C=O) groups is 1. The first-order valence-electron chi connectivity index (χ1n) is 6.71. The van der Waals surface area contributed by atoms with E-state index in [0.717, 1.165) is 12.1 Å². The van der Waals surface area contributed by atoms with E-state index in [1.165, 1.54) is 24.8 Å². The number of benzene rings is 1. The van der Waals surface area contributed by atoms with E-state index >= 15 is 0 Å². The third-order valence-corrected chi connectivity index (χ3v) is 5.42. The summed E-state index contributed by atoms with van der Waals surface area (Å²) in [7, 11) is 0. The van der Waals surface area contributed by atoms with Gasteiger partial charge in [-0.15, -0.1) is 0 Å². The molecule has 104 valence electrons. The van der Waals surface area contributed by atoms with Gasteiger partial charge >= 0.3 is 0 Å². The van der Waals surface area contributed by atoms with E-state index in [1.807, 2.05) is 43.0 Å². The molecule has 0 aromatic heterocycles. The van der Waals surface area contributed by atoms with Gasteiger partial charge in [-0.1, -0.05) is 36.2 Å². The second-order valence-corrected chi connectivity index (χ2v) is 6.62. The summed E-state index contributed by atoms with van der Waals surface area (Å²) in [5.41, 5.74) is 8.04. The predicted molar refractivity (Wildman–Crippen MR) is 81.2 cm³/mol. The summed E-state index contributed by atoms with van der Waals surface area (Å²) in [6.45, 7) is 2.75. The molecule has 1 aliphatic carbocycles. The molecule has 0 aliphatic heterocycles. The molecule has 0 bridgehead atoms. The molecule has 1 aromatic rings. The Bertz CT molecular complexity index is 434. The van der Waals surface area contributed by atoms with E-state index in [-0.39, 0.29) is 10.7 Å². The van der Waals surface area contributed by atoms with Gasteiger partial charge in [-0.3, -0.25) is 4.79 Å². The minimum atomic E-state index is -0.570. The Hall–Kier alpha value is -1.00. The second-order valence-electron chi connectivity index (χ2n) is 5.35. The zero-order valence-electron chi connectivity index (χ0n) is 11.6. The second kappa shape index (κ2) is 5.97. The van der Waals surface area contributed by atoms with Gasteiger partial charge in [0.15, 0.2) is 0 Å². The number of rotatable bonds is 5. The Kier molecular flexibility index (Phi) is 4.53. The number of carbonyl (C=O) groups excluding carboxylic acids is 1. The molecule has 3 N–H and O–H groups in total. The van der Waals surface area contributed by atoms with E-state index < -0.39 is 6.04 Å². The largest absolute Gasteiger partial charge is 0.353 e. The van der Waals surface area contributed by atoms with Crippen molar-refractivity contribution in [1.82, 2.24) is 5.32 Å². The summed E-state index contributed by atoms with van der Waals surface area (Å²) in [5.74, 6) is -0.0795. The van der Waals surface area contributed by atoms with E-state index in [9.17, 15) is 4.79 Å². The molecular weight excluding hydrogens is 256 g/mol. The topological polar surface area (TPSA) is 55.1 Å². The van der Waals surface area contributed by atoms with Gasteiger partial charge in [-0.25, -0.2) is 0 Å². The molecule has 1 unspecified atom stereocenters. The quantitative estimate of drug-likeness (QED) is 0.869. The van der Waals surface area contributed by atoms with Crippen LogP contribution in [0.2, 0.25) is 0 Å². The molecule has 1 fully saturated rings. The average Bonchev–Trinajstić information content (AvgIpc) is 2.38. The molecule has 1 aromatic carbocycles. The van der Waals surface area contributed by atoms with Crippen LogP contribution in [0.5, 0.6) is 0 Å². The van der Waals surface area contributed by atoms with Crippen molar-refractivity contribution in [2.24, 2.45) is 5.73 Å². The van der Waals surface area contributed by atoms with Crippen molar-refractivity contribution in [2.45, 2.75) is 37.0 Å². The summed E-state index contributed by atoms with van der Waals surface area (Å²) in [6, 6.07) is 7.25. The molecule has 0 saturated heterocycles. The Balaban J connectivity index is 1.90. The van der Waals surface area contributed by atoms with Gasteiger partial charge in [0.2, 0.25) is 5.91 Å². The highest BCUT2D eigenvalue weighted by atomic mass is 32.2. The first-order valence-corrected chi connectivity index (χ1v) is 7.94. The molecule has 19 heavy (non-hydrogen) atoms. The maximum Gasteiger partial charge on any atom is 0.241 e. The fourth-order valence-corrected chi connectivity index (χ4v) is 3.22. The fourth-order valence-electron chi connectivity index (χ4n) is 2.31. The third kappa shape index (κ3) is 3.31. The number of nitrogens with two attached hydrogens (primary N) is 1. The zero-order chi connectivity index (χ0) is 13.9. The van der Waals surface area contributed by atoms with E-state index in [0.29, 0.717) is 0 Å². The maximum absolute atomic E-state index is 12.1. The summed E-state index contributed by atoms with van der Waals surface area (Å²) in [5, 5.41) is 3.00. The van der Waals surface area contributed by atoms with Crippen molar-refractivity contribution in [2.75, 3.05) is 12.8 Å². The van der Waals surface area contributed by atoms with Gasteiger partial charge in [0.05, 0.1) is 0 Å². The van der Waals surface area contributed by atoms with Crippen molar-refractivity contribution in [1.29, 1.82) is 0 Å². The molecule has 4 heteroatoms. The van der Waals surface area contributed by atoms with Crippen molar-refractivity contribution in [3.05, 3.63) is 35.4 Å². The predicted octanol–water partition coefficient (Wildman–Crippen LogP) is 2.40. The maximum atomic E-state index is 12.1. The summed E-state index contributed by atoms with van der Waals surface area (Å²) < 4.78 is 0.253. The number of aryl methyl sites for hydroxylation is 1. The normalized spacial score (nSPS) is 18.5. The standard InChI is InChI=1S/C15H22N2OS/c1-11-4-6-12(7-5-11)13(16)14(18)17-10-15(19-2)8-3-9-15/h4-7,13H,3,8-10,16H2,1-2H3,(H,17,18). The van der Waals surface area contributed by atoms with Crippen molar-refractivity contribution in [3.63, 3.8) is 0 Å². The molecule has 1 atom stereocenters.